The van der Waals surface area contributed by atoms with Gasteiger partial charge in [-0.1, -0.05) is 39.2 Å². The lowest BCUT2D eigenvalue weighted by Crippen LogP contribution is -2.39. The highest BCUT2D eigenvalue weighted by molar-refractivity contribution is 5.37. The summed E-state index contributed by atoms with van der Waals surface area (Å²) in [5, 5.41) is 10.6. The normalized spacial score (nSPS) is 24.1. The molecule has 0 spiro atoms. The van der Waals surface area contributed by atoms with Gasteiger partial charge in [0.25, 0.3) is 0 Å². The molecule has 0 fully saturated rings. The van der Waals surface area contributed by atoms with Crippen molar-refractivity contribution in [1.82, 2.24) is 0 Å². The number of hydrogen-bond donors (Lipinski definition) is 1. The van der Waals surface area contributed by atoms with E-state index in [1.54, 1.807) is 0 Å². The van der Waals surface area contributed by atoms with Gasteiger partial charge in [0.15, 0.2) is 0 Å². The Hall–Kier alpha value is -0.740. The smallest absolute Gasteiger partial charge is 0.149 e. The molecule has 0 heterocycles. The number of hydrogen-bond acceptors (Lipinski definition) is 1. The highest BCUT2D eigenvalue weighted by Crippen LogP contribution is 2.44. The van der Waals surface area contributed by atoms with E-state index in [1.807, 2.05) is 13.8 Å². The van der Waals surface area contributed by atoms with Crippen LogP contribution in [0.3, 0.4) is 0 Å². The van der Waals surface area contributed by atoms with Gasteiger partial charge in [0.2, 0.25) is 0 Å². The summed E-state index contributed by atoms with van der Waals surface area (Å²) >= 11 is 0. The Balaban J connectivity index is 3.27. The summed E-state index contributed by atoms with van der Waals surface area (Å²) in [7, 11) is 0. The summed E-state index contributed by atoms with van der Waals surface area (Å²) in [6, 6.07) is 0. The maximum absolute atomic E-state index is 10.6. The topological polar surface area (TPSA) is 20.2 Å². The van der Waals surface area contributed by atoms with E-state index in [0.29, 0.717) is 0 Å². The molecule has 16 heavy (non-hydrogen) atoms. The molecule has 1 rings (SSSR count). The molecular formula is C15H24O. The molecular weight excluding hydrogens is 196 g/mol. The molecule has 0 aromatic rings. The van der Waals surface area contributed by atoms with Gasteiger partial charge in [-0.05, 0) is 43.1 Å². The van der Waals surface area contributed by atoms with Crippen molar-refractivity contribution in [3.8, 4) is 12.3 Å². The Labute approximate surface area is 99.9 Å². The number of rotatable bonds is 2. The first-order valence-electron chi connectivity index (χ1n) is 6.16. The SMILES string of the molecule is C#CC(O)(C1=C(C)C(C)(C)CCC1)C(C)C. The zero-order valence-electron chi connectivity index (χ0n) is 11.2. The van der Waals surface area contributed by atoms with Crippen LogP contribution in [-0.4, -0.2) is 10.7 Å². The summed E-state index contributed by atoms with van der Waals surface area (Å²) in [5.74, 6) is 2.68. The van der Waals surface area contributed by atoms with Crippen molar-refractivity contribution in [3.05, 3.63) is 11.1 Å². The summed E-state index contributed by atoms with van der Waals surface area (Å²) in [4.78, 5) is 0. The molecule has 0 aromatic heterocycles. The summed E-state index contributed by atoms with van der Waals surface area (Å²) in [6.07, 6.45) is 8.80. The third-order valence-electron chi connectivity index (χ3n) is 4.21. The van der Waals surface area contributed by atoms with E-state index in [2.05, 4.69) is 26.7 Å². The lowest BCUT2D eigenvalue weighted by atomic mass is 9.67. The molecule has 0 bridgehead atoms. The molecule has 1 heteroatoms. The molecule has 0 aromatic carbocycles. The highest BCUT2D eigenvalue weighted by Gasteiger charge is 2.39. The van der Waals surface area contributed by atoms with Crippen LogP contribution in [0, 0.1) is 23.7 Å². The van der Waals surface area contributed by atoms with Gasteiger partial charge in [-0.25, -0.2) is 0 Å². The minimum atomic E-state index is -1.05. The van der Waals surface area contributed by atoms with E-state index in [0.717, 1.165) is 18.4 Å². The van der Waals surface area contributed by atoms with E-state index < -0.39 is 5.60 Å². The van der Waals surface area contributed by atoms with Crippen molar-refractivity contribution >= 4 is 0 Å². The van der Waals surface area contributed by atoms with E-state index >= 15 is 0 Å². The van der Waals surface area contributed by atoms with Gasteiger partial charge in [0.1, 0.15) is 5.60 Å². The van der Waals surface area contributed by atoms with Crippen molar-refractivity contribution < 1.29 is 5.11 Å². The van der Waals surface area contributed by atoms with Crippen LogP contribution in [0.2, 0.25) is 0 Å². The minimum absolute atomic E-state index is 0.0661. The highest BCUT2D eigenvalue weighted by atomic mass is 16.3. The number of aliphatic hydroxyl groups is 1. The first kappa shape index (κ1) is 13.3. The maximum atomic E-state index is 10.6. The standard InChI is InChI=1S/C15H24O/c1-7-15(16,11(2)3)13-9-8-10-14(5,6)12(13)4/h1,11,16H,8-10H2,2-6H3. The lowest BCUT2D eigenvalue weighted by Gasteiger charge is -2.40. The van der Waals surface area contributed by atoms with Gasteiger partial charge in [0.05, 0.1) is 0 Å². The predicted molar refractivity (Wildman–Crippen MR) is 69.0 cm³/mol. The van der Waals surface area contributed by atoms with Crippen LogP contribution in [0.15, 0.2) is 11.1 Å². The molecule has 1 aliphatic rings. The van der Waals surface area contributed by atoms with E-state index in [4.69, 9.17) is 6.42 Å². The van der Waals surface area contributed by atoms with Gasteiger partial charge in [0, 0.05) is 0 Å². The molecule has 1 aliphatic carbocycles. The van der Waals surface area contributed by atoms with Crippen LogP contribution < -0.4 is 0 Å². The fraction of sp³-hybridized carbons (Fsp3) is 0.733. The van der Waals surface area contributed by atoms with Crippen molar-refractivity contribution in [2.45, 2.75) is 59.5 Å². The van der Waals surface area contributed by atoms with E-state index in [1.165, 1.54) is 12.0 Å². The predicted octanol–water partition coefficient (Wildman–Crippen LogP) is 3.53. The Bertz CT molecular complexity index is 341. The third-order valence-corrected chi connectivity index (χ3v) is 4.21. The number of allylic oxidation sites excluding steroid dienone is 1. The Kier molecular flexibility index (Phi) is 3.55. The molecule has 1 atom stereocenters. The van der Waals surface area contributed by atoms with E-state index in [-0.39, 0.29) is 11.3 Å². The average Bonchev–Trinajstić information content (AvgIpc) is 2.20. The zero-order chi connectivity index (χ0) is 12.6. The summed E-state index contributed by atoms with van der Waals surface area (Å²) in [6.45, 7) is 10.6. The minimum Gasteiger partial charge on any atom is -0.373 e. The van der Waals surface area contributed by atoms with Gasteiger partial charge < -0.3 is 5.11 Å². The molecule has 1 N–H and O–H groups in total. The van der Waals surface area contributed by atoms with Crippen molar-refractivity contribution in [1.29, 1.82) is 0 Å². The quantitative estimate of drug-likeness (QED) is 0.557. The molecule has 0 saturated carbocycles. The Morgan fingerprint density at radius 1 is 1.44 bits per heavy atom. The van der Waals surface area contributed by atoms with E-state index in [9.17, 15) is 5.11 Å². The fourth-order valence-electron chi connectivity index (χ4n) is 2.57. The molecule has 1 unspecified atom stereocenters. The van der Waals surface area contributed by atoms with Crippen LogP contribution in [0.5, 0.6) is 0 Å². The molecule has 0 amide bonds. The molecule has 90 valence electrons. The average molecular weight is 220 g/mol. The number of terminal acetylenes is 1. The monoisotopic (exact) mass is 220 g/mol. The lowest BCUT2D eigenvalue weighted by molar-refractivity contribution is 0.0796. The third kappa shape index (κ3) is 2.04. The molecule has 0 aliphatic heterocycles. The molecule has 0 radical (unpaired) electrons. The molecule has 0 saturated heterocycles. The van der Waals surface area contributed by atoms with Crippen molar-refractivity contribution in [2.24, 2.45) is 11.3 Å². The first-order chi connectivity index (χ1) is 7.25. The van der Waals surface area contributed by atoms with Crippen molar-refractivity contribution in [2.75, 3.05) is 0 Å². The maximum Gasteiger partial charge on any atom is 0.149 e. The Morgan fingerprint density at radius 3 is 2.44 bits per heavy atom. The first-order valence-corrected chi connectivity index (χ1v) is 6.16. The van der Waals surface area contributed by atoms with Gasteiger partial charge in [-0.15, -0.1) is 6.42 Å². The second-order valence-corrected chi connectivity index (χ2v) is 5.91. The van der Waals surface area contributed by atoms with Crippen LogP contribution in [0.1, 0.15) is 53.9 Å². The summed E-state index contributed by atoms with van der Waals surface area (Å²) in [5.41, 5.74) is 1.49. The largest absolute Gasteiger partial charge is 0.373 e. The second-order valence-electron chi connectivity index (χ2n) is 5.91. The van der Waals surface area contributed by atoms with Crippen LogP contribution >= 0.6 is 0 Å². The zero-order valence-corrected chi connectivity index (χ0v) is 11.2. The van der Waals surface area contributed by atoms with Gasteiger partial charge in [-0.3, -0.25) is 0 Å². The Morgan fingerprint density at radius 2 is 2.00 bits per heavy atom. The molecule has 1 nitrogen and oxygen atoms in total. The van der Waals surface area contributed by atoms with Crippen LogP contribution in [0.25, 0.3) is 0 Å². The fourth-order valence-corrected chi connectivity index (χ4v) is 2.57. The van der Waals surface area contributed by atoms with Crippen LogP contribution in [0.4, 0.5) is 0 Å². The van der Waals surface area contributed by atoms with Crippen molar-refractivity contribution in [3.63, 3.8) is 0 Å². The summed E-state index contributed by atoms with van der Waals surface area (Å²) < 4.78 is 0. The van der Waals surface area contributed by atoms with Crippen LogP contribution in [-0.2, 0) is 0 Å². The van der Waals surface area contributed by atoms with Gasteiger partial charge in [-0.2, -0.15) is 0 Å². The second kappa shape index (κ2) is 4.26. The van der Waals surface area contributed by atoms with Gasteiger partial charge >= 0.3 is 0 Å².